The highest BCUT2D eigenvalue weighted by Crippen LogP contribution is 2.35. The van der Waals surface area contributed by atoms with Crippen molar-refractivity contribution in [2.75, 3.05) is 13.7 Å². The van der Waals surface area contributed by atoms with Gasteiger partial charge in [-0.15, -0.1) is 11.3 Å². The lowest BCUT2D eigenvalue weighted by Crippen LogP contribution is -2.49. The average molecular weight is 197 g/mol. The lowest BCUT2D eigenvalue weighted by atomic mass is 9.96. The number of likely N-dealkylation sites (N-methyl/N-ethyl adjacent to an activating group) is 1. The summed E-state index contributed by atoms with van der Waals surface area (Å²) in [5, 5.41) is 3.31. The number of ether oxygens (including phenoxy) is 1. The SMILES string of the molecule is CNC1(C)COc2cc(C)sc2C1. The summed E-state index contributed by atoms with van der Waals surface area (Å²) in [6.45, 7) is 5.10. The summed E-state index contributed by atoms with van der Waals surface area (Å²) in [5.41, 5.74) is 0.115. The molecule has 0 amide bonds. The molecule has 2 rings (SSSR count). The van der Waals surface area contributed by atoms with Crippen LogP contribution in [0.3, 0.4) is 0 Å². The summed E-state index contributed by atoms with van der Waals surface area (Å²) >= 11 is 1.84. The molecule has 1 atom stereocenters. The molecule has 1 aromatic heterocycles. The predicted octanol–water partition coefficient (Wildman–Crippen LogP) is 1.97. The van der Waals surface area contributed by atoms with Crippen molar-refractivity contribution in [3.05, 3.63) is 15.8 Å². The number of fused-ring (bicyclic) bond motifs is 1. The van der Waals surface area contributed by atoms with Gasteiger partial charge in [-0.3, -0.25) is 0 Å². The third-order valence-electron chi connectivity index (χ3n) is 2.59. The van der Waals surface area contributed by atoms with Crippen LogP contribution in [0.4, 0.5) is 0 Å². The molecule has 1 unspecified atom stereocenters. The van der Waals surface area contributed by atoms with Crippen LogP contribution in [-0.2, 0) is 6.42 Å². The first-order valence-corrected chi connectivity index (χ1v) is 5.36. The minimum absolute atomic E-state index is 0.115. The van der Waals surface area contributed by atoms with Crippen molar-refractivity contribution in [1.82, 2.24) is 5.32 Å². The average Bonchev–Trinajstić information content (AvgIpc) is 2.44. The number of thiophene rings is 1. The van der Waals surface area contributed by atoms with Crippen LogP contribution in [0.25, 0.3) is 0 Å². The number of aryl methyl sites for hydroxylation is 1. The zero-order valence-corrected chi connectivity index (χ0v) is 9.12. The van der Waals surface area contributed by atoms with Gasteiger partial charge in [0.05, 0.1) is 5.54 Å². The monoisotopic (exact) mass is 197 g/mol. The molecule has 2 nitrogen and oxygen atoms in total. The summed E-state index contributed by atoms with van der Waals surface area (Å²) in [7, 11) is 1.99. The Labute approximate surface area is 82.9 Å². The van der Waals surface area contributed by atoms with Gasteiger partial charge < -0.3 is 10.1 Å². The molecule has 0 aliphatic carbocycles. The van der Waals surface area contributed by atoms with E-state index in [0.717, 1.165) is 18.8 Å². The molecular formula is C10H15NOS. The van der Waals surface area contributed by atoms with Gasteiger partial charge in [-0.2, -0.15) is 0 Å². The fourth-order valence-corrected chi connectivity index (χ4v) is 2.75. The molecular weight excluding hydrogens is 182 g/mol. The molecule has 0 saturated carbocycles. The second kappa shape index (κ2) is 3.00. The normalized spacial score (nSPS) is 26.7. The van der Waals surface area contributed by atoms with Crippen molar-refractivity contribution in [2.45, 2.75) is 25.8 Å². The highest BCUT2D eigenvalue weighted by atomic mass is 32.1. The summed E-state index contributed by atoms with van der Waals surface area (Å²) in [6.07, 6.45) is 1.08. The van der Waals surface area contributed by atoms with E-state index in [4.69, 9.17) is 4.74 Å². The molecule has 0 radical (unpaired) electrons. The maximum atomic E-state index is 5.70. The summed E-state index contributed by atoms with van der Waals surface area (Å²) < 4.78 is 5.70. The predicted molar refractivity (Wildman–Crippen MR) is 55.7 cm³/mol. The van der Waals surface area contributed by atoms with E-state index in [1.165, 1.54) is 9.75 Å². The smallest absolute Gasteiger partial charge is 0.133 e. The van der Waals surface area contributed by atoms with Crippen LogP contribution in [0.15, 0.2) is 6.07 Å². The maximum Gasteiger partial charge on any atom is 0.133 e. The van der Waals surface area contributed by atoms with Gasteiger partial charge in [-0.1, -0.05) is 0 Å². The van der Waals surface area contributed by atoms with E-state index in [-0.39, 0.29) is 5.54 Å². The van der Waals surface area contributed by atoms with Crippen LogP contribution < -0.4 is 10.1 Å². The van der Waals surface area contributed by atoms with E-state index >= 15 is 0 Å². The van der Waals surface area contributed by atoms with Gasteiger partial charge in [0, 0.05) is 16.2 Å². The molecule has 3 heteroatoms. The zero-order chi connectivity index (χ0) is 9.47. The molecule has 1 aliphatic rings. The molecule has 0 saturated heterocycles. The fraction of sp³-hybridized carbons (Fsp3) is 0.600. The Balaban J connectivity index is 2.28. The van der Waals surface area contributed by atoms with Crippen LogP contribution in [0.1, 0.15) is 16.7 Å². The maximum absolute atomic E-state index is 5.70. The summed E-state index contributed by atoms with van der Waals surface area (Å²) in [5.74, 6) is 1.09. The third kappa shape index (κ3) is 1.58. The summed E-state index contributed by atoms with van der Waals surface area (Å²) in [4.78, 5) is 2.71. The van der Waals surface area contributed by atoms with Crippen LogP contribution in [-0.4, -0.2) is 19.2 Å². The second-order valence-electron chi connectivity index (χ2n) is 3.92. The van der Waals surface area contributed by atoms with Crippen molar-refractivity contribution in [3.8, 4) is 5.75 Å². The van der Waals surface area contributed by atoms with E-state index in [1.807, 2.05) is 18.4 Å². The van der Waals surface area contributed by atoms with E-state index < -0.39 is 0 Å². The standard InChI is InChI=1S/C10H15NOS/c1-7-4-8-9(13-7)5-10(2,11-3)6-12-8/h4,11H,5-6H2,1-3H3. The van der Waals surface area contributed by atoms with Gasteiger partial charge in [0.2, 0.25) is 0 Å². The van der Waals surface area contributed by atoms with Gasteiger partial charge in [0.1, 0.15) is 12.4 Å². The molecule has 72 valence electrons. The van der Waals surface area contributed by atoms with Crippen LogP contribution in [0.5, 0.6) is 5.75 Å². The quantitative estimate of drug-likeness (QED) is 0.743. The Morgan fingerprint density at radius 3 is 3.08 bits per heavy atom. The molecule has 2 heterocycles. The van der Waals surface area contributed by atoms with Crippen LogP contribution in [0, 0.1) is 6.92 Å². The highest BCUT2D eigenvalue weighted by molar-refractivity contribution is 7.12. The van der Waals surface area contributed by atoms with Gasteiger partial charge >= 0.3 is 0 Å². The minimum atomic E-state index is 0.115. The number of hydrogen-bond acceptors (Lipinski definition) is 3. The Hall–Kier alpha value is -0.540. The Morgan fingerprint density at radius 1 is 1.62 bits per heavy atom. The first-order valence-electron chi connectivity index (χ1n) is 4.54. The molecule has 1 aliphatic heterocycles. The Morgan fingerprint density at radius 2 is 2.38 bits per heavy atom. The van der Waals surface area contributed by atoms with E-state index in [1.54, 1.807) is 0 Å². The molecule has 0 fully saturated rings. The molecule has 0 aromatic carbocycles. The Bertz CT molecular complexity index is 321. The van der Waals surface area contributed by atoms with Crippen molar-refractivity contribution in [2.24, 2.45) is 0 Å². The van der Waals surface area contributed by atoms with Gasteiger partial charge in [0.15, 0.2) is 0 Å². The number of nitrogens with one attached hydrogen (secondary N) is 1. The molecule has 0 bridgehead atoms. The lowest BCUT2D eigenvalue weighted by Gasteiger charge is -2.32. The fourth-order valence-electron chi connectivity index (χ4n) is 1.59. The second-order valence-corrected chi connectivity index (χ2v) is 5.26. The van der Waals surface area contributed by atoms with Gasteiger partial charge in [-0.25, -0.2) is 0 Å². The van der Waals surface area contributed by atoms with Crippen molar-refractivity contribution in [1.29, 1.82) is 0 Å². The topological polar surface area (TPSA) is 21.3 Å². The van der Waals surface area contributed by atoms with Crippen molar-refractivity contribution < 1.29 is 4.74 Å². The summed E-state index contributed by atoms with van der Waals surface area (Å²) in [6, 6.07) is 2.13. The largest absolute Gasteiger partial charge is 0.490 e. The minimum Gasteiger partial charge on any atom is -0.490 e. The first kappa shape index (κ1) is 9.03. The van der Waals surface area contributed by atoms with Crippen molar-refractivity contribution in [3.63, 3.8) is 0 Å². The molecule has 13 heavy (non-hydrogen) atoms. The molecule has 1 aromatic rings. The molecule has 1 N–H and O–H groups in total. The van der Waals surface area contributed by atoms with Crippen LogP contribution >= 0.6 is 11.3 Å². The highest BCUT2D eigenvalue weighted by Gasteiger charge is 2.30. The zero-order valence-electron chi connectivity index (χ0n) is 8.31. The van der Waals surface area contributed by atoms with Crippen LogP contribution in [0.2, 0.25) is 0 Å². The number of hydrogen-bond donors (Lipinski definition) is 1. The first-order chi connectivity index (χ1) is 6.13. The lowest BCUT2D eigenvalue weighted by molar-refractivity contribution is 0.180. The third-order valence-corrected chi connectivity index (χ3v) is 3.63. The number of rotatable bonds is 1. The van der Waals surface area contributed by atoms with Gasteiger partial charge in [0.25, 0.3) is 0 Å². The van der Waals surface area contributed by atoms with Crippen molar-refractivity contribution >= 4 is 11.3 Å². The van der Waals surface area contributed by atoms with E-state index in [2.05, 4.69) is 25.2 Å². The van der Waals surface area contributed by atoms with E-state index in [0.29, 0.717) is 0 Å². The molecule has 0 spiro atoms. The Kier molecular flexibility index (Phi) is 2.08. The van der Waals surface area contributed by atoms with E-state index in [9.17, 15) is 0 Å². The van der Waals surface area contributed by atoms with Gasteiger partial charge in [-0.05, 0) is 27.0 Å².